The fourth-order valence-electron chi connectivity index (χ4n) is 1.68. The molecule has 0 spiro atoms. The molecule has 3 nitrogen and oxygen atoms in total. The van der Waals surface area contributed by atoms with Gasteiger partial charge in [0.15, 0.2) is 0 Å². The molecule has 2 aromatic heterocycles. The number of hydrogen-bond donors (Lipinski definition) is 0. The fourth-order valence-corrected chi connectivity index (χ4v) is 1.68. The van der Waals surface area contributed by atoms with Gasteiger partial charge >= 0.3 is 0 Å². The van der Waals surface area contributed by atoms with Crippen molar-refractivity contribution in [2.24, 2.45) is 0 Å². The fraction of sp³-hybridized carbons (Fsp3) is 0. The van der Waals surface area contributed by atoms with E-state index in [9.17, 15) is 0 Å². The molecule has 1 aromatic carbocycles. The minimum atomic E-state index is 0. The summed E-state index contributed by atoms with van der Waals surface area (Å²) in [5.41, 5.74) is 1.95. The molecule has 0 fully saturated rings. The Kier molecular flexibility index (Phi) is 2.31. The van der Waals surface area contributed by atoms with Crippen LogP contribution in [0.4, 0.5) is 0 Å². The van der Waals surface area contributed by atoms with Gasteiger partial charge in [-0.2, -0.15) is 0 Å². The molecular weight excluding hydrogens is 188 g/mol. The summed E-state index contributed by atoms with van der Waals surface area (Å²) in [5.74, 6) is 0. The first-order valence-electron chi connectivity index (χ1n) is 4.53. The molecule has 0 saturated carbocycles. The number of hydrogen-bond acceptors (Lipinski definition) is 2. The van der Waals surface area contributed by atoms with Crippen molar-refractivity contribution < 1.29 is 5.48 Å². The van der Waals surface area contributed by atoms with Crippen LogP contribution in [-0.4, -0.2) is 9.97 Å². The molecular formula is C12H8N2O. The maximum Gasteiger partial charge on any atom is 0.0964 e. The summed E-state index contributed by atoms with van der Waals surface area (Å²) in [6, 6.07) is 12.1. The number of rotatable bonds is 0. The van der Waals surface area contributed by atoms with Crippen LogP contribution < -0.4 is 0 Å². The Labute approximate surface area is 86.7 Å². The normalized spacial score (nSPS) is 10.1. The lowest BCUT2D eigenvalue weighted by atomic mass is 10.1. The minimum Gasteiger partial charge on any atom is -0.254 e. The average molecular weight is 196 g/mol. The highest BCUT2D eigenvalue weighted by molar-refractivity contribution is 6.02. The lowest BCUT2D eigenvalue weighted by Gasteiger charge is -2.00. The summed E-state index contributed by atoms with van der Waals surface area (Å²) in [6.07, 6.45) is 3.60. The summed E-state index contributed by atoms with van der Waals surface area (Å²) in [4.78, 5) is 8.69. The van der Waals surface area contributed by atoms with E-state index in [1.807, 2.05) is 12.1 Å². The quantitative estimate of drug-likeness (QED) is 0.519. The van der Waals surface area contributed by atoms with Crippen molar-refractivity contribution >= 4 is 21.8 Å². The van der Waals surface area contributed by atoms with Crippen molar-refractivity contribution in [1.82, 2.24) is 9.97 Å². The Morgan fingerprint density at radius 1 is 0.667 bits per heavy atom. The monoisotopic (exact) mass is 196 g/mol. The molecule has 15 heavy (non-hydrogen) atoms. The van der Waals surface area contributed by atoms with Gasteiger partial charge in [0.1, 0.15) is 0 Å². The van der Waals surface area contributed by atoms with Crippen LogP contribution in [-0.2, 0) is 5.48 Å². The Morgan fingerprint density at radius 2 is 1.13 bits per heavy atom. The number of aromatic nitrogens is 2. The molecule has 0 saturated heterocycles. The number of nitrogens with zero attached hydrogens (tertiary/aromatic N) is 2. The van der Waals surface area contributed by atoms with Gasteiger partial charge in [0, 0.05) is 28.6 Å². The van der Waals surface area contributed by atoms with Gasteiger partial charge in [-0.25, -0.2) is 0 Å². The van der Waals surface area contributed by atoms with E-state index in [4.69, 9.17) is 0 Å². The Bertz CT molecular complexity index is 553. The van der Waals surface area contributed by atoms with E-state index >= 15 is 0 Å². The topological polar surface area (TPSA) is 54.3 Å². The van der Waals surface area contributed by atoms with Crippen molar-refractivity contribution in [1.29, 1.82) is 0 Å². The van der Waals surface area contributed by atoms with Crippen LogP contribution in [0.1, 0.15) is 0 Å². The zero-order valence-corrected chi connectivity index (χ0v) is 7.92. The summed E-state index contributed by atoms with van der Waals surface area (Å²) >= 11 is 0. The third-order valence-electron chi connectivity index (χ3n) is 2.34. The number of pyridine rings is 2. The second kappa shape index (κ2) is 3.63. The maximum atomic E-state index is 4.35. The highest BCUT2D eigenvalue weighted by Crippen LogP contribution is 2.20. The van der Waals surface area contributed by atoms with E-state index in [-0.39, 0.29) is 5.48 Å². The first-order valence-corrected chi connectivity index (χ1v) is 4.53. The summed E-state index contributed by atoms with van der Waals surface area (Å²) in [5, 5.41) is 2.28. The average Bonchev–Trinajstić information content (AvgIpc) is 2.29. The van der Waals surface area contributed by atoms with Crippen molar-refractivity contribution in [3.8, 4) is 0 Å². The molecule has 2 heterocycles. The molecule has 0 atom stereocenters. The molecule has 0 aliphatic rings. The molecule has 0 amide bonds. The van der Waals surface area contributed by atoms with Crippen molar-refractivity contribution in [2.45, 2.75) is 0 Å². The Morgan fingerprint density at radius 3 is 1.60 bits per heavy atom. The predicted octanol–water partition coefficient (Wildman–Crippen LogP) is 2.66. The Balaban J connectivity index is 0.000000853. The first-order chi connectivity index (χ1) is 6.95. The molecule has 3 aromatic rings. The van der Waals surface area contributed by atoms with Gasteiger partial charge < -0.3 is 0 Å². The van der Waals surface area contributed by atoms with E-state index in [0.29, 0.717) is 0 Å². The highest BCUT2D eigenvalue weighted by Gasteiger charge is 2.00. The summed E-state index contributed by atoms with van der Waals surface area (Å²) < 4.78 is 0. The zero-order valence-electron chi connectivity index (χ0n) is 7.92. The molecule has 0 N–H and O–H groups in total. The van der Waals surface area contributed by atoms with Gasteiger partial charge in [0.25, 0.3) is 0 Å². The third-order valence-corrected chi connectivity index (χ3v) is 2.34. The van der Waals surface area contributed by atoms with Gasteiger partial charge in [0.05, 0.1) is 11.0 Å². The summed E-state index contributed by atoms with van der Waals surface area (Å²) in [7, 11) is 0. The van der Waals surface area contributed by atoms with Crippen LogP contribution in [0.5, 0.6) is 0 Å². The van der Waals surface area contributed by atoms with Gasteiger partial charge in [-0.1, -0.05) is 24.3 Å². The number of fused-ring (bicyclic) bond motifs is 3. The lowest BCUT2D eigenvalue weighted by molar-refractivity contribution is 0.686. The van der Waals surface area contributed by atoms with Crippen molar-refractivity contribution in [3.05, 3.63) is 48.8 Å². The minimum absolute atomic E-state index is 0. The SMILES string of the molecule is [O].c1cnc2c(c1)ccc1cccnc12. The standard InChI is InChI=1S/C12H8N2.O/c1-3-9-5-6-10-4-2-8-14-12(10)11(9)13-7-1;/h1-8H;. The van der Waals surface area contributed by atoms with Crippen LogP contribution in [0.3, 0.4) is 0 Å². The van der Waals surface area contributed by atoms with Gasteiger partial charge in [-0.05, 0) is 12.1 Å². The molecule has 2 radical (unpaired) electrons. The second-order valence-corrected chi connectivity index (χ2v) is 3.22. The van der Waals surface area contributed by atoms with E-state index < -0.39 is 0 Å². The van der Waals surface area contributed by atoms with Gasteiger partial charge in [0.2, 0.25) is 0 Å². The molecule has 3 rings (SSSR count). The molecule has 3 heteroatoms. The largest absolute Gasteiger partial charge is 0.254 e. The van der Waals surface area contributed by atoms with Crippen molar-refractivity contribution in [2.75, 3.05) is 0 Å². The molecule has 0 aliphatic carbocycles. The third kappa shape index (κ3) is 1.43. The van der Waals surface area contributed by atoms with Crippen LogP contribution in [0, 0.1) is 0 Å². The van der Waals surface area contributed by atoms with E-state index in [2.05, 4.69) is 34.2 Å². The van der Waals surface area contributed by atoms with Gasteiger partial charge in [-0.3, -0.25) is 9.97 Å². The smallest absolute Gasteiger partial charge is 0.0964 e. The van der Waals surface area contributed by atoms with Crippen LogP contribution in [0.2, 0.25) is 0 Å². The van der Waals surface area contributed by atoms with Crippen molar-refractivity contribution in [3.63, 3.8) is 0 Å². The van der Waals surface area contributed by atoms with E-state index in [0.717, 1.165) is 21.8 Å². The van der Waals surface area contributed by atoms with Gasteiger partial charge in [-0.15, -0.1) is 0 Å². The lowest BCUT2D eigenvalue weighted by Crippen LogP contribution is -1.83. The maximum absolute atomic E-state index is 4.35. The van der Waals surface area contributed by atoms with Crippen LogP contribution in [0.25, 0.3) is 21.8 Å². The molecule has 0 unspecified atom stereocenters. The first kappa shape index (κ1) is 9.55. The highest BCUT2D eigenvalue weighted by atomic mass is 16.0. The predicted molar refractivity (Wildman–Crippen MR) is 57.7 cm³/mol. The second-order valence-electron chi connectivity index (χ2n) is 3.22. The zero-order chi connectivity index (χ0) is 9.38. The van der Waals surface area contributed by atoms with Crippen LogP contribution >= 0.6 is 0 Å². The molecule has 0 bridgehead atoms. The molecule has 72 valence electrons. The number of benzene rings is 1. The van der Waals surface area contributed by atoms with E-state index in [1.54, 1.807) is 12.4 Å². The van der Waals surface area contributed by atoms with E-state index in [1.165, 1.54) is 0 Å². The molecule has 0 aliphatic heterocycles. The van der Waals surface area contributed by atoms with Crippen LogP contribution in [0.15, 0.2) is 48.8 Å². The Hall–Kier alpha value is -2.00. The summed E-state index contributed by atoms with van der Waals surface area (Å²) in [6.45, 7) is 0.